The highest BCUT2D eigenvalue weighted by molar-refractivity contribution is 7.98. The van der Waals surface area contributed by atoms with Gasteiger partial charge in [0.15, 0.2) is 0 Å². The van der Waals surface area contributed by atoms with Crippen LogP contribution in [0.1, 0.15) is 12.3 Å². The van der Waals surface area contributed by atoms with Crippen molar-refractivity contribution in [2.45, 2.75) is 12.2 Å². The fraction of sp³-hybridized carbons (Fsp3) is 0.250. The summed E-state index contributed by atoms with van der Waals surface area (Å²) >= 11 is 1.47. The van der Waals surface area contributed by atoms with Crippen molar-refractivity contribution in [1.82, 2.24) is 10.2 Å². The molecule has 0 aliphatic heterocycles. The summed E-state index contributed by atoms with van der Waals surface area (Å²) in [6.07, 6.45) is 0.143. The second-order valence-corrected chi connectivity index (χ2v) is 4.67. The standard InChI is InChI=1S/C12H12N2O3S/c15-11(16)6-7-18-8-10-13-14-12(17-10)9-4-2-1-3-5-9/h1-5H,6-8H2,(H,15,16). The average Bonchev–Trinajstić information content (AvgIpc) is 2.84. The van der Waals surface area contributed by atoms with Gasteiger partial charge in [0.2, 0.25) is 11.8 Å². The molecule has 1 aromatic carbocycles. The molecule has 0 radical (unpaired) electrons. The van der Waals surface area contributed by atoms with Gasteiger partial charge in [-0.1, -0.05) is 18.2 Å². The number of carboxylic acids is 1. The number of hydrogen-bond donors (Lipinski definition) is 1. The molecule has 0 saturated heterocycles. The summed E-state index contributed by atoms with van der Waals surface area (Å²) in [5.41, 5.74) is 0.881. The van der Waals surface area contributed by atoms with Crippen molar-refractivity contribution in [2.75, 3.05) is 5.75 Å². The minimum Gasteiger partial charge on any atom is -0.481 e. The van der Waals surface area contributed by atoms with Crippen molar-refractivity contribution in [3.05, 3.63) is 36.2 Å². The lowest BCUT2D eigenvalue weighted by atomic mass is 10.2. The molecule has 6 heteroatoms. The molecule has 2 rings (SSSR count). The average molecular weight is 264 g/mol. The molecule has 0 unspecified atom stereocenters. The predicted octanol–water partition coefficient (Wildman–Crippen LogP) is 2.44. The Morgan fingerprint density at radius 1 is 1.28 bits per heavy atom. The zero-order valence-electron chi connectivity index (χ0n) is 9.57. The first-order valence-electron chi connectivity index (χ1n) is 5.43. The Hall–Kier alpha value is -1.82. The number of aliphatic carboxylic acids is 1. The van der Waals surface area contributed by atoms with Crippen molar-refractivity contribution >= 4 is 17.7 Å². The number of carbonyl (C=O) groups is 1. The fourth-order valence-corrected chi connectivity index (χ4v) is 2.08. The molecule has 0 aliphatic carbocycles. The van der Waals surface area contributed by atoms with Crippen LogP contribution in [0.25, 0.3) is 11.5 Å². The van der Waals surface area contributed by atoms with Crippen LogP contribution in [0.15, 0.2) is 34.7 Å². The van der Waals surface area contributed by atoms with Crippen LogP contribution in [0.5, 0.6) is 0 Å². The normalized spacial score (nSPS) is 10.4. The highest BCUT2D eigenvalue weighted by Gasteiger charge is 2.08. The van der Waals surface area contributed by atoms with Crippen molar-refractivity contribution in [1.29, 1.82) is 0 Å². The molecular weight excluding hydrogens is 252 g/mol. The summed E-state index contributed by atoms with van der Waals surface area (Å²) in [5, 5.41) is 16.4. The van der Waals surface area contributed by atoms with Crippen LogP contribution in [-0.2, 0) is 10.5 Å². The van der Waals surface area contributed by atoms with E-state index in [0.29, 0.717) is 23.3 Å². The first-order chi connectivity index (χ1) is 8.75. The largest absolute Gasteiger partial charge is 0.481 e. The van der Waals surface area contributed by atoms with E-state index in [-0.39, 0.29) is 6.42 Å². The number of rotatable bonds is 6. The van der Waals surface area contributed by atoms with Gasteiger partial charge in [0.05, 0.1) is 12.2 Å². The van der Waals surface area contributed by atoms with E-state index in [0.717, 1.165) is 5.56 Å². The van der Waals surface area contributed by atoms with Crippen LogP contribution < -0.4 is 0 Å². The summed E-state index contributed by atoms with van der Waals surface area (Å²) in [6, 6.07) is 9.52. The van der Waals surface area contributed by atoms with Crippen molar-refractivity contribution in [2.24, 2.45) is 0 Å². The highest BCUT2D eigenvalue weighted by atomic mass is 32.2. The summed E-state index contributed by atoms with van der Waals surface area (Å²) < 4.78 is 5.49. The summed E-state index contributed by atoms with van der Waals surface area (Å²) in [4.78, 5) is 10.3. The number of thioether (sulfide) groups is 1. The van der Waals surface area contributed by atoms with E-state index in [2.05, 4.69) is 10.2 Å². The first-order valence-corrected chi connectivity index (χ1v) is 6.58. The third kappa shape index (κ3) is 3.59. The Labute approximate surface area is 108 Å². The molecule has 1 N–H and O–H groups in total. The topological polar surface area (TPSA) is 76.2 Å². The maximum absolute atomic E-state index is 10.3. The lowest BCUT2D eigenvalue weighted by molar-refractivity contribution is -0.136. The number of aromatic nitrogens is 2. The minimum absolute atomic E-state index is 0.143. The first kappa shape index (κ1) is 12.6. The molecule has 94 valence electrons. The molecule has 2 aromatic rings. The Morgan fingerprint density at radius 2 is 2.06 bits per heavy atom. The summed E-state index contributed by atoms with van der Waals surface area (Å²) in [6.45, 7) is 0. The molecule has 0 spiro atoms. The van der Waals surface area contributed by atoms with Gasteiger partial charge in [-0.15, -0.1) is 10.2 Å². The van der Waals surface area contributed by atoms with Crippen molar-refractivity contribution < 1.29 is 14.3 Å². The smallest absolute Gasteiger partial charge is 0.304 e. The minimum atomic E-state index is -0.794. The molecule has 0 aliphatic rings. The fourth-order valence-electron chi connectivity index (χ4n) is 1.33. The van der Waals surface area contributed by atoms with Gasteiger partial charge < -0.3 is 9.52 Å². The molecular formula is C12H12N2O3S. The predicted molar refractivity (Wildman–Crippen MR) is 68.1 cm³/mol. The number of hydrogen-bond acceptors (Lipinski definition) is 5. The van der Waals surface area contributed by atoms with Crippen molar-refractivity contribution in [3.63, 3.8) is 0 Å². The monoisotopic (exact) mass is 264 g/mol. The van der Waals surface area contributed by atoms with E-state index < -0.39 is 5.97 Å². The number of carboxylic acid groups (broad SMARTS) is 1. The molecule has 0 bridgehead atoms. The molecule has 18 heavy (non-hydrogen) atoms. The SMILES string of the molecule is O=C(O)CCSCc1nnc(-c2ccccc2)o1. The van der Waals surface area contributed by atoms with Crippen LogP contribution in [0.4, 0.5) is 0 Å². The molecule has 5 nitrogen and oxygen atoms in total. The molecule has 0 amide bonds. The van der Waals surface area contributed by atoms with Gasteiger partial charge in [0, 0.05) is 11.3 Å². The van der Waals surface area contributed by atoms with Crippen LogP contribution >= 0.6 is 11.8 Å². The Morgan fingerprint density at radius 3 is 2.78 bits per heavy atom. The third-order valence-electron chi connectivity index (χ3n) is 2.17. The molecule has 1 heterocycles. The van der Waals surface area contributed by atoms with Crippen LogP contribution in [0, 0.1) is 0 Å². The van der Waals surface area contributed by atoms with Gasteiger partial charge in [0.25, 0.3) is 0 Å². The highest BCUT2D eigenvalue weighted by Crippen LogP contribution is 2.19. The van der Waals surface area contributed by atoms with Crippen LogP contribution in [0.2, 0.25) is 0 Å². The van der Waals surface area contributed by atoms with Gasteiger partial charge in [-0.3, -0.25) is 4.79 Å². The van der Waals surface area contributed by atoms with E-state index in [1.807, 2.05) is 30.3 Å². The van der Waals surface area contributed by atoms with Gasteiger partial charge in [-0.05, 0) is 12.1 Å². The second-order valence-electron chi connectivity index (χ2n) is 3.56. The Kier molecular flexibility index (Phi) is 4.35. The Balaban J connectivity index is 1.89. The van der Waals surface area contributed by atoms with E-state index in [1.54, 1.807) is 0 Å². The quantitative estimate of drug-likeness (QED) is 0.807. The molecule has 1 aromatic heterocycles. The van der Waals surface area contributed by atoms with E-state index in [4.69, 9.17) is 9.52 Å². The number of nitrogens with zero attached hydrogens (tertiary/aromatic N) is 2. The Bertz CT molecular complexity index is 513. The second kappa shape index (κ2) is 6.20. The van der Waals surface area contributed by atoms with E-state index >= 15 is 0 Å². The molecule has 0 fully saturated rings. The van der Waals surface area contributed by atoms with E-state index in [9.17, 15) is 4.79 Å². The van der Waals surface area contributed by atoms with Gasteiger partial charge >= 0.3 is 5.97 Å². The van der Waals surface area contributed by atoms with Crippen LogP contribution in [-0.4, -0.2) is 27.0 Å². The van der Waals surface area contributed by atoms with Gasteiger partial charge in [-0.2, -0.15) is 11.8 Å². The third-order valence-corrected chi connectivity index (χ3v) is 3.12. The summed E-state index contributed by atoms with van der Waals surface area (Å²) in [7, 11) is 0. The lowest BCUT2D eigenvalue weighted by Gasteiger charge is -1.95. The lowest BCUT2D eigenvalue weighted by Crippen LogP contribution is -1.96. The van der Waals surface area contributed by atoms with Crippen LogP contribution in [0.3, 0.4) is 0 Å². The summed E-state index contributed by atoms with van der Waals surface area (Å²) in [5.74, 6) is 1.29. The number of benzene rings is 1. The maximum atomic E-state index is 10.3. The van der Waals surface area contributed by atoms with Gasteiger partial charge in [-0.25, -0.2) is 0 Å². The van der Waals surface area contributed by atoms with Gasteiger partial charge in [0.1, 0.15) is 0 Å². The van der Waals surface area contributed by atoms with Crippen molar-refractivity contribution in [3.8, 4) is 11.5 Å². The maximum Gasteiger partial charge on any atom is 0.304 e. The molecule has 0 atom stereocenters. The zero-order chi connectivity index (χ0) is 12.8. The van der Waals surface area contributed by atoms with E-state index in [1.165, 1.54) is 11.8 Å². The molecule has 0 saturated carbocycles. The zero-order valence-corrected chi connectivity index (χ0v) is 10.4.